The first-order valence-corrected chi connectivity index (χ1v) is 9.82. The molecule has 0 aliphatic carbocycles. The maximum Gasteiger partial charge on any atom is 0.251 e. The van der Waals surface area contributed by atoms with Crippen molar-refractivity contribution in [1.29, 1.82) is 0 Å². The Morgan fingerprint density at radius 3 is 2.73 bits per heavy atom. The number of hydrogen-bond acceptors (Lipinski definition) is 3. The standard InChI is InChI=1S/C21H23N3OS/c1-17-3-2-4-19(13-17)15-26-12-10-23-21(25)20-7-5-18(6-8-20)14-24-11-9-22-16-24/h2-9,11,13,16H,10,12,14-15H2,1H3,(H,23,25). The van der Waals surface area contributed by atoms with Gasteiger partial charge in [0.25, 0.3) is 5.91 Å². The summed E-state index contributed by atoms with van der Waals surface area (Å²) in [5.41, 5.74) is 4.46. The van der Waals surface area contributed by atoms with Crippen LogP contribution in [0.4, 0.5) is 0 Å². The van der Waals surface area contributed by atoms with Gasteiger partial charge in [-0.25, -0.2) is 4.98 Å². The number of rotatable bonds is 8. The van der Waals surface area contributed by atoms with Crippen molar-refractivity contribution in [2.75, 3.05) is 12.3 Å². The van der Waals surface area contributed by atoms with Crippen LogP contribution in [0.3, 0.4) is 0 Å². The van der Waals surface area contributed by atoms with E-state index in [1.165, 1.54) is 11.1 Å². The average Bonchev–Trinajstić information content (AvgIpc) is 3.15. The van der Waals surface area contributed by atoms with Crippen molar-refractivity contribution in [1.82, 2.24) is 14.9 Å². The number of imidazole rings is 1. The second-order valence-electron chi connectivity index (χ2n) is 6.23. The summed E-state index contributed by atoms with van der Waals surface area (Å²) >= 11 is 1.83. The van der Waals surface area contributed by atoms with Gasteiger partial charge in [0.05, 0.1) is 6.33 Å². The van der Waals surface area contributed by atoms with Gasteiger partial charge in [0.2, 0.25) is 0 Å². The number of nitrogens with one attached hydrogen (secondary N) is 1. The van der Waals surface area contributed by atoms with E-state index in [0.717, 1.165) is 23.6 Å². The molecular weight excluding hydrogens is 342 g/mol. The number of benzene rings is 2. The van der Waals surface area contributed by atoms with E-state index in [9.17, 15) is 4.79 Å². The number of carbonyl (C=O) groups is 1. The molecule has 0 aliphatic rings. The highest BCUT2D eigenvalue weighted by Gasteiger charge is 2.05. The Morgan fingerprint density at radius 2 is 2.00 bits per heavy atom. The molecule has 0 atom stereocenters. The third-order valence-corrected chi connectivity index (χ3v) is 5.05. The van der Waals surface area contributed by atoms with Gasteiger partial charge in [-0.3, -0.25) is 4.79 Å². The van der Waals surface area contributed by atoms with Gasteiger partial charge in [0.15, 0.2) is 0 Å². The third kappa shape index (κ3) is 5.49. The number of aryl methyl sites for hydroxylation is 1. The number of aromatic nitrogens is 2. The summed E-state index contributed by atoms with van der Waals surface area (Å²) in [5, 5.41) is 2.99. The van der Waals surface area contributed by atoms with Crippen LogP contribution < -0.4 is 5.32 Å². The fraction of sp³-hybridized carbons (Fsp3) is 0.238. The van der Waals surface area contributed by atoms with Crippen LogP contribution in [0.15, 0.2) is 67.3 Å². The minimum atomic E-state index is -0.0182. The van der Waals surface area contributed by atoms with E-state index in [2.05, 4.69) is 41.5 Å². The molecule has 0 fully saturated rings. The van der Waals surface area contributed by atoms with Crippen molar-refractivity contribution in [2.24, 2.45) is 0 Å². The molecule has 134 valence electrons. The van der Waals surface area contributed by atoms with Gasteiger partial charge in [-0.1, -0.05) is 42.0 Å². The highest BCUT2D eigenvalue weighted by Crippen LogP contribution is 2.13. The molecule has 0 unspecified atom stereocenters. The Labute approximate surface area is 158 Å². The first-order valence-electron chi connectivity index (χ1n) is 8.67. The van der Waals surface area contributed by atoms with Crippen LogP contribution in [-0.2, 0) is 12.3 Å². The van der Waals surface area contributed by atoms with E-state index in [0.29, 0.717) is 12.1 Å². The number of carbonyl (C=O) groups excluding carboxylic acids is 1. The summed E-state index contributed by atoms with van der Waals surface area (Å²) < 4.78 is 2.00. The van der Waals surface area contributed by atoms with Gasteiger partial charge >= 0.3 is 0 Å². The molecule has 0 spiro atoms. The van der Waals surface area contributed by atoms with E-state index < -0.39 is 0 Å². The zero-order valence-electron chi connectivity index (χ0n) is 14.9. The van der Waals surface area contributed by atoms with Gasteiger partial charge in [-0.2, -0.15) is 11.8 Å². The first kappa shape index (κ1) is 18.3. The summed E-state index contributed by atoms with van der Waals surface area (Å²) in [5.74, 6) is 1.86. The van der Waals surface area contributed by atoms with Crippen molar-refractivity contribution in [3.8, 4) is 0 Å². The highest BCUT2D eigenvalue weighted by molar-refractivity contribution is 7.98. The van der Waals surface area contributed by atoms with Crippen LogP contribution in [0.5, 0.6) is 0 Å². The van der Waals surface area contributed by atoms with Crippen LogP contribution in [0.1, 0.15) is 27.0 Å². The summed E-state index contributed by atoms with van der Waals surface area (Å²) in [7, 11) is 0. The Morgan fingerprint density at radius 1 is 1.15 bits per heavy atom. The summed E-state index contributed by atoms with van der Waals surface area (Å²) in [6.45, 7) is 3.54. The Kier molecular flexibility index (Phi) is 6.50. The zero-order chi connectivity index (χ0) is 18.2. The van der Waals surface area contributed by atoms with E-state index in [1.807, 2.05) is 46.8 Å². The molecule has 0 bridgehead atoms. The summed E-state index contributed by atoms with van der Waals surface area (Å²) in [4.78, 5) is 16.2. The van der Waals surface area contributed by atoms with E-state index >= 15 is 0 Å². The predicted molar refractivity (Wildman–Crippen MR) is 107 cm³/mol. The molecule has 0 aliphatic heterocycles. The van der Waals surface area contributed by atoms with Crippen molar-refractivity contribution in [3.63, 3.8) is 0 Å². The molecule has 1 aromatic heterocycles. The zero-order valence-corrected chi connectivity index (χ0v) is 15.7. The predicted octanol–water partition coefficient (Wildman–Crippen LogP) is 3.90. The third-order valence-electron chi connectivity index (χ3n) is 4.02. The lowest BCUT2D eigenvalue weighted by Gasteiger charge is -2.07. The smallest absolute Gasteiger partial charge is 0.251 e. The van der Waals surface area contributed by atoms with Crippen molar-refractivity contribution < 1.29 is 4.79 Å². The average molecular weight is 366 g/mol. The van der Waals surface area contributed by atoms with Gasteiger partial charge in [-0.05, 0) is 30.2 Å². The Bertz CT molecular complexity index is 829. The number of nitrogens with zero attached hydrogens (tertiary/aromatic N) is 2. The molecule has 0 saturated carbocycles. The fourth-order valence-electron chi connectivity index (χ4n) is 2.68. The number of hydrogen-bond donors (Lipinski definition) is 1. The van der Waals surface area contributed by atoms with Crippen molar-refractivity contribution in [3.05, 3.63) is 89.5 Å². The topological polar surface area (TPSA) is 46.9 Å². The normalized spacial score (nSPS) is 10.7. The largest absolute Gasteiger partial charge is 0.351 e. The van der Waals surface area contributed by atoms with Gasteiger partial charge in [-0.15, -0.1) is 0 Å². The molecule has 2 aromatic carbocycles. The molecule has 26 heavy (non-hydrogen) atoms. The molecular formula is C21H23N3OS. The molecule has 1 amide bonds. The first-order chi connectivity index (χ1) is 12.7. The van der Waals surface area contributed by atoms with Crippen LogP contribution in [0.25, 0.3) is 0 Å². The van der Waals surface area contributed by atoms with Crippen LogP contribution >= 0.6 is 11.8 Å². The van der Waals surface area contributed by atoms with Crippen molar-refractivity contribution >= 4 is 17.7 Å². The highest BCUT2D eigenvalue weighted by atomic mass is 32.2. The van der Waals surface area contributed by atoms with Gasteiger partial charge in [0, 0.05) is 42.6 Å². The molecule has 1 N–H and O–H groups in total. The fourth-order valence-corrected chi connectivity index (χ4v) is 3.49. The van der Waals surface area contributed by atoms with Crippen LogP contribution in [0.2, 0.25) is 0 Å². The second kappa shape index (κ2) is 9.25. The molecule has 5 heteroatoms. The van der Waals surface area contributed by atoms with Crippen LogP contribution in [-0.4, -0.2) is 27.8 Å². The molecule has 3 aromatic rings. The van der Waals surface area contributed by atoms with E-state index in [-0.39, 0.29) is 5.91 Å². The quantitative estimate of drug-likeness (QED) is 0.616. The molecule has 4 nitrogen and oxygen atoms in total. The monoisotopic (exact) mass is 365 g/mol. The lowest BCUT2D eigenvalue weighted by molar-refractivity contribution is 0.0956. The number of amides is 1. The Balaban J connectivity index is 1.39. The van der Waals surface area contributed by atoms with Crippen LogP contribution in [0, 0.1) is 6.92 Å². The molecule has 0 saturated heterocycles. The van der Waals surface area contributed by atoms with Crippen molar-refractivity contribution in [2.45, 2.75) is 19.2 Å². The van der Waals surface area contributed by atoms with Gasteiger partial charge in [0.1, 0.15) is 0 Å². The minimum absolute atomic E-state index is 0.0182. The van der Waals surface area contributed by atoms with E-state index in [4.69, 9.17) is 0 Å². The molecule has 1 heterocycles. The maximum absolute atomic E-state index is 12.2. The van der Waals surface area contributed by atoms with E-state index in [1.54, 1.807) is 12.5 Å². The summed E-state index contributed by atoms with van der Waals surface area (Å²) in [6.07, 6.45) is 5.48. The van der Waals surface area contributed by atoms with Gasteiger partial charge < -0.3 is 9.88 Å². The lowest BCUT2D eigenvalue weighted by Crippen LogP contribution is -2.25. The second-order valence-corrected chi connectivity index (χ2v) is 7.33. The molecule has 0 radical (unpaired) electrons. The lowest BCUT2D eigenvalue weighted by atomic mass is 10.1. The maximum atomic E-state index is 12.2. The SMILES string of the molecule is Cc1cccc(CSCCNC(=O)c2ccc(Cn3ccnc3)cc2)c1. The Hall–Kier alpha value is -2.53. The molecule has 3 rings (SSSR count). The summed E-state index contributed by atoms with van der Waals surface area (Å²) in [6, 6.07) is 16.3. The number of thioether (sulfide) groups is 1. The minimum Gasteiger partial charge on any atom is -0.351 e.